The summed E-state index contributed by atoms with van der Waals surface area (Å²) in [6.07, 6.45) is 2.89. The molecule has 2 atom stereocenters. The van der Waals surface area contributed by atoms with Gasteiger partial charge >= 0.3 is 0 Å². The van der Waals surface area contributed by atoms with E-state index in [1.165, 1.54) is 0 Å². The molecular weight excluding hydrogens is 256 g/mol. The van der Waals surface area contributed by atoms with Crippen LogP contribution < -0.4 is 5.32 Å². The molecule has 2 unspecified atom stereocenters. The normalized spacial score (nSPS) is 26.4. The SMILES string of the molecule is CCC1(C)CC(NCc2ccccc2[N+](=O)[O-])CCO1. The first kappa shape index (κ1) is 14.9. The van der Waals surface area contributed by atoms with Gasteiger partial charge in [0.05, 0.1) is 10.5 Å². The van der Waals surface area contributed by atoms with E-state index in [0.717, 1.165) is 31.4 Å². The van der Waals surface area contributed by atoms with E-state index in [0.29, 0.717) is 12.6 Å². The number of hydrogen-bond donors (Lipinski definition) is 1. The fraction of sp³-hybridized carbons (Fsp3) is 0.600. The summed E-state index contributed by atoms with van der Waals surface area (Å²) in [6.45, 7) is 5.54. The standard InChI is InChI=1S/C15H22N2O3/c1-3-15(2)10-13(8-9-20-15)16-11-12-6-4-5-7-14(12)17(18)19/h4-7,13,16H,3,8-11H2,1-2H3. The van der Waals surface area contributed by atoms with Gasteiger partial charge in [0.2, 0.25) is 0 Å². The molecule has 5 heteroatoms. The minimum atomic E-state index is -0.322. The minimum Gasteiger partial charge on any atom is -0.375 e. The van der Waals surface area contributed by atoms with Gasteiger partial charge in [-0.3, -0.25) is 10.1 Å². The fourth-order valence-electron chi connectivity index (χ4n) is 2.64. The zero-order valence-electron chi connectivity index (χ0n) is 12.1. The van der Waals surface area contributed by atoms with E-state index in [-0.39, 0.29) is 16.2 Å². The Bertz CT molecular complexity index is 478. The summed E-state index contributed by atoms with van der Waals surface area (Å²) in [7, 11) is 0. The third kappa shape index (κ3) is 3.55. The molecule has 1 aromatic carbocycles. The number of nitro groups is 1. The van der Waals surface area contributed by atoms with E-state index in [1.807, 2.05) is 12.1 Å². The molecule has 1 aliphatic rings. The lowest BCUT2D eigenvalue weighted by Crippen LogP contribution is -2.44. The van der Waals surface area contributed by atoms with Crippen LogP contribution >= 0.6 is 0 Å². The summed E-state index contributed by atoms with van der Waals surface area (Å²) in [5, 5.41) is 14.4. The zero-order chi connectivity index (χ0) is 14.6. The molecule has 0 spiro atoms. The van der Waals surface area contributed by atoms with E-state index in [9.17, 15) is 10.1 Å². The van der Waals surface area contributed by atoms with Crippen molar-refractivity contribution in [3.05, 3.63) is 39.9 Å². The quantitative estimate of drug-likeness (QED) is 0.664. The van der Waals surface area contributed by atoms with Crippen molar-refractivity contribution in [1.82, 2.24) is 5.32 Å². The molecule has 1 heterocycles. The Labute approximate surface area is 119 Å². The molecule has 0 bridgehead atoms. The van der Waals surface area contributed by atoms with Crippen LogP contribution in [0.5, 0.6) is 0 Å². The second-order valence-electron chi connectivity index (χ2n) is 5.61. The first-order chi connectivity index (χ1) is 9.54. The Kier molecular flexibility index (Phi) is 4.73. The maximum atomic E-state index is 11.0. The molecule has 1 saturated heterocycles. The summed E-state index contributed by atoms with van der Waals surface area (Å²) in [5.41, 5.74) is 0.853. The van der Waals surface area contributed by atoms with E-state index < -0.39 is 0 Å². The molecule has 1 fully saturated rings. The Morgan fingerprint density at radius 1 is 1.50 bits per heavy atom. The molecule has 0 radical (unpaired) electrons. The van der Waals surface area contributed by atoms with E-state index >= 15 is 0 Å². The molecule has 0 saturated carbocycles. The Morgan fingerprint density at radius 3 is 2.95 bits per heavy atom. The molecule has 0 aromatic heterocycles. The van der Waals surface area contributed by atoms with Crippen molar-refractivity contribution in [3.63, 3.8) is 0 Å². The van der Waals surface area contributed by atoms with Crippen molar-refractivity contribution >= 4 is 5.69 Å². The van der Waals surface area contributed by atoms with Crippen LogP contribution in [0.15, 0.2) is 24.3 Å². The van der Waals surface area contributed by atoms with Crippen molar-refractivity contribution < 1.29 is 9.66 Å². The van der Waals surface area contributed by atoms with Gasteiger partial charge in [0.1, 0.15) is 0 Å². The van der Waals surface area contributed by atoms with Gasteiger partial charge in [-0.05, 0) is 26.2 Å². The molecular formula is C15H22N2O3. The molecule has 0 aliphatic carbocycles. The lowest BCUT2D eigenvalue weighted by Gasteiger charge is -2.38. The molecule has 1 N–H and O–H groups in total. The van der Waals surface area contributed by atoms with Gasteiger partial charge in [-0.2, -0.15) is 0 Å². The summed E-state index contributed by atoms with van der Waals surface area (Å²) < 4.78 is 5.81. The maximum Gasteiger partial charge on any atom is 0.273 e. The van der Waals surface area contributed by atoms with Gasteiger partial charge in [-0.25, -0.2) is 0 Å². The molecule has 0 amide bonds. The number of ether oxygens (including phenoxy) is 1. The first-order valence-electron chi connectivity index (χ1n) is 7.14. The predicted octanol–water partition coefficient (Wildman–Crippen LogP) is 3.03. The first-order valence-corrected chi connectivity index (χ1v) is 7.14. The highest BCUT2D eigenvalue weighted by Gasteiger charge is 2.31. The largest absolute Gasteiger partial charge is 0.375 e. The van der Waals surface area contributed by atoms with Gasteiger partial charge in [0.25, 0.3) is 5.69 Å². The number of rotatable bonds is 5. The summed E-state index contributed by atoms with van der Waals surface area (Å²) >= 11 is 0. The number of nitrogens with zero attached hydrogens (tertiary/aromatic N) is 1. The molecule has 110 valence electrons. The zero-order valence-corrected chi connectivity index (χ0v) is 12.1. The van der Waals surface area contributed by atoms with Crippen molar-refractivity contribution in [3.8, 4) is 0 Å². The van der Waals surface area contributed by atoms with Crippen molar-refractivity contribution in [2.45, 2.75) is 51.3 Å². The lowest BCUT2D eigenvalue weighted by atomic mass is 9.90. The summed E-state index contributed by atoms with van der Waals surface area (Å²) in [6, 6.07) is 7.25. The Hall–Kier alpha value is -1.46. The average Bonchev–Trinajstić information content (AvgIpc) is 2.45. The van der Waals surface area contributed by atoms with Crippen LogP contribution in [-0.4, -0.2) is 23.2 Å². The lowest BCUT2D eigenvalue weighted by molar-refractivity contribution is -0.385. The highest BCUT2D eigenvalue weighted by atomic mass is 16.6. The molecule has 2 rings (SSSR count). The molecule has 1 aliphatic heterocycles. The van der Waals surface area contributed by atoms with Crippen LogP contribution in [-0.2, 0) is 11.3 Å². The van der Waals surface area contributed by atoms with Crippen LogP contribution in [0.3, 0.4) is 0 Å². The molecule has 20 heavy (non-hydrogen) atoms. The number of para-hydroxylation sites is 1. The van der Waals surface area contributed by atoms with Crippen LogP contribution in [0, 0.1) is 10.1 Å². The van der Waals surface area contributed by atoms with E-state index in [1.54, 1.807) is 12.1 Å². The summed E-state index contributed by atoms with van der Waals surface area (Å²) in [5.74, 6) is 0. The number of benzene rings is 1. The topological polar surface area (TPSA) is 64.4 Å². The fourth-order valence-corrected chi connectivity index (χ4v) is 2.64. The van der Waals surface area contributed by atoms with Crippen LogP contribution in [0.1, 0.15) is 38.7 Å². The predicted molar refractivity (Wildman–Crippen MR) is 77.6 cm³/mol. The van der Waals surface area contributed by atoms with E-state index in [4.69, 9.17) is 4.74 Å². The van der Waals surface area contributed by atoms with Crippen LogP contribution in [0.4, 0.5) is 5.69 Å². The second kappa shape index (κ2) is 6.33. The van der Waals surface area contributed by atoms with E-state index in [2.05, 4.69) is 19.2 Å². The van der Waals surface area contributed by atoms with Gasteiger partial charge in [0.15, 0.2) is 0 Å². The maximum absolute atomic E-state index is 11.0. The smallest absolute Gasteiger partial charge is 0.273 e. The van der Waals surface area contributed by atoms with Crippen LogP contribution in [0.25, 0.3) is 0 Å². The van der Waals surface area contributed by atoms with Crippen LogP contribution in [0.2, 0.25) is 0 Å². The number of hydrogen-bond acceptors (Lipinski definition) is 4. The number of nitro benzene ring substituents is 1. The highest BCUT2D eigenvalue weighted by molar-refractivity contribution is 5.39. The Morgan fingerprint density at radius 2 is 2.25 bits per heavy atom. The van der Waals surface area contributed by atoms with Gasteiger partial charge < -0.3 is 10.1 Å². The Balaban J connectivity index is 1.97. The monoisotopic (exact) mass is 278 g/mol. The number of nitrogens with one attached hydrogen (secondary N) is 1. The second-order valence-corrected chi connectivity index (χ2v) is 5.61. The van der Waals surface area contributed by atoms with Crippen molar-refractivity contribution in [2.75, 3.05) is 6.61 Å². The highest BCUT2D eigenvalue weighted by Crippen LogP contribution is 2.28. The third-order valence-corrected chi connectivity index (χ3v) is 4.11. The minimum absolute atomic E-state index is 0.0709. The third-order valence-electron chi connectivity index (χ3n) is 4.11. The van der Waals surface area contributed by atoms with Gasteiger partial charge in [-0.15, -0.1) is 0 Å². The molecule has 5 nitrogen and oxygen atoms in total. The van der Waals surface area contributed by atoms with Gasteiger partial charge in [0, 0.05) is 30.8 Å². The van der Waals surface area contributed by atoms with Crippen molar-refractivity contribution in [1.29, 1.82) is 0 Å². The van der Waals surface area contributed by atoms with Gasteiger partial charge in [-0.1, -0.05) is 25.1 Å². The van der Waals surface area contributed by atoms with Crippen molar-refractivity contribution in [2.24, 2.45) is 0 Å². The average molecular weight is 278 g/mol. The molecule has 1 aromatic rings. The summed E-state index contributed by atoms with van der Waals surface area (Å²) in [4.78, 5) is 10.7.